The van der Waals surface area contributed by atoms with E-state index in [1.54, 1.807) is 23.9 Å². The monoisotopic (exact) mass is 440 g/mol. The molecule has 33 heavy (non-hydrogen) atoms. The van der Waals surface area contributed by atoms with Crippen LogP contribution >= 0.6 is 0 Å². The van der Waals surface area contributed by atoms with E-state index in [2.05, 4.69) is 10.3 Å². The van der Waals surface area contributed by atoms with Crippen molar-refractivity contribution in [3.8, 4) is 22.7 Å². The molecule has 3 aromatic carbocycles. The van der Waals surface area contributed by atoms with Crippen LogP contribution in [0.15, 0.2) is 89.7 Å². The summed E-state index contributed by atoms with van der Waals surface area (Å²) >= 11 is 0. The lowest BCUT2D eigenvalue weighted by atomic mass is 10.1. The summed E-state index contributed by atoms with van der Waals surface area (Å²) in [5.74, 6) is 0.445. The highest BCUT2D eigenvalue weighted by Gasteiger charge is 2.17. The van der Waals surface area contributed by atoms with E-state index in [1.807, 2.05) is 60.7 Å². The van der Waals surface area contributed by atoms with E-state index >= 15 is 0 Å². The van der Waals surface area contributed by atoms with Crippen LogP contribution in [0, 0.1) is 5.82 Å². The van der Waals surface area contributed by atoms with Gasteiger partial charge in [-0.1, -0.05) is 18.2 Å². The van der Waals surface area contributed by atoms with Crippen molar-refractivity contribution < 1.29 is 9.13 Å². The number of halogens is 1. The number of pyridine rings is 1. The van der Waals surface area contributed by atoms with E-state index in [1.165, 1.54) is 12.1 Å². The minimum absolute atomic E-state index is 0.213. The number of nitrogens with zero attached hydrogens (tertiary/aromatic N) is 2. The Morgan fingerprint density at radius 2 is 1.73 bits per heavy atom. The average Bonchev–Trinajstić information content (AvgIpc) is 3.22. The molecule has 5 rings (SSSR count). The fourth-order valence-corrected chi connectivity index (χ4v) is 3.73. The van der Waals surface area contributed by atoms with Gasteiger partial charge < -0.3 is 15.0 Å². The van der Waals surface area contributed by atoms with Crippen LogP contribution in [-0.2, 0) is 6.54 Å². The Kier molecular flexibility index (Phi) is 5.36. The number of aromatic amines is 1. The maximum Gasteiger partial charge on any atom is 0.254 e. The molecule has 0 saturated carbocycles. The molecule has 6 nitrogen and oxygen atoms in total. The molecular weight excluding hydrogens is 419 g/mol. The number of methoxy groups -OCH3 is 1. The summed E-state index contributed by atoms with van der Waals surface area (Å²) in [5, 5.41) is 8.83. The highest BCUT2D eigenvalue weighted by molar-refractivity contribution is 5.92. The molecule has 0 unspecified atom stereocenters. The number of ether oxygens (including phenoxy) is 1. The standard InChI is InChI=1S/C26H21FN4O2/c1-33-22-13-7-17(8-14-22)24-23-15-18(16-28-20-11-9-19(27)10-12-20)26(32)29-25(23)31(30-24)21-5-3-2-4-6-21/h2-15,28H,16H2,1H3,(H,29,32). The van der Waals surface area contributed by atoms with Crippen molar-refractivity contribution in [3.63, 3.8) is 0 Å². The normalized spacial score (nSPS) is 11.0. The maximum atomic E-state index is 13.2. The summed E-state index contributed by atoms with van der Waals surface area (Å²) in [5.41, 5.74) is 4.17. The Hall–Kier alpha value is -4.39. The number of anilines is 1. The third kappa shape index (κ3) is 4.08. The lowest BCUT2D eigenvalue weighted by Gasteiger charge is -2.07. The van der Waals surface area contributed by atoms with Crippen molar-refractivity contribution in [1.82, 2.24) is 14.8 Å². The van der Waals surface area contributed by atoms with Crippen LogP contribution in [0.5, 0.6) is 5.75 Å². The van der Waals surface area contributed by atoms with Crippen LogP contribution < -0.4 is 15.6 Å². The molecule has 0 radical (unpaired) electrons. The van der Waals surface area contributed by atoms with Gasteiger partial charge in [-0.05, 0) is 66.7 Å². The van der Waals surface area contributed by atoms with Gasteiger partial charge in [0, 0.05) is 28.7 Å². The van der Waals surface area contributed by atoms with Crippen LogP contribution in [0.4, 0.5) is 10.1 Å². The summed E-state index contributed by atoms with van der Waals surface area (Å²) in [7, 11) is 1.62. The van der Waals surface area contributed by atoms with Gasteiger partial charge in [-0.3, -0.25) is 4.79 Å². The van der Waals surface area contributed by atoms with Crippen LogP contribution in [0.1, 0.15) is 5.56 Å². The quantitative estimate of drug-likeness (QED) is 0.384. The average molecular weight is 440 g/mol. The van der Waals surface area contributed by atoms with E-state index in [4.69, 9.17) is 9.84 Å². The first-order chi connectivity index (χ1) is 16.1. The van der Waals surface area contributed by atoms with Crippen molar-refractivity contribution in [2.75, 3.05) is 12.4 Å². The second kappa shape index (κ2) is 8.63. The molecule has 7 heteroatoms. The Labute approximate surface area is 189 Å². The highest BCUT2D eigenvalue weighted by atomic mass is 19.1. The van der Waals surface area contributed by atoms with Crippen LogP contribution in [-0.4, -0.2) is 21.9 Å². The number of H-pyrrole nitrogens is 1. The smallest absolute Gasteiger partial charge is 0.254 e. The second-order valence-corrected chi connectivity index (χ2v) is 7.57. The largest absolute Gasteiger partial charge is 0.497 e. The van der Waals surface area contributed by atoms with Gasteiger partial charge in [0.1, 0.15) is 22.9 Å². The Balaban J connectivity index is 1.61. The summed E-state index contributed by atoms with van der Waals surface area (Å²) < 4.78 is 20.2. The van der Waals surface area contributed by atoms with Crippen molar-refractivity contribution in [1.29, 1.82) is 0 Å². The maximum absolute atomic E-state index is 13.2. The fraction of sp³-hybridized carbons (Fsp3) is 0.0769. The molecule has 2 aromatic heterocycles. The molecule has 0 amide bonds. The van der Waals surface area contributed by atoms with E-state index in [-0.39, 0.29) is 17.9 Å². The third-order valence-electron chi connectivity index (χ3n) is 5.46. The predicted octanol–water partition coefficient (Wildman–Crippen LogP) is 5.14. The predicted molar refractivity (Wildman–Crippen MR) is 127 cm³/mol. The molecule has 0 bridgehead atoms. The minimum atomic E-state index is -0.308. The van der Waals surface area contributed by atoms with Crippen molar-refractivity contribution in [2.45, 2.75) is 6.54 Å². The van der Waals surface area contributed by atoms with E-state index in [0.717, 1.165) is 33.8 Å². The van der Waals surface area contributed by atoms with Crippen molar-refractivity contribution in [3.05, 3.63) is 107 Å². The van der Waals surface area contributed by atoms with E-state index < -0.39 is 0 Å². The summed E-state index contributed by atoms with van der Waals surface area (Å²) in [4.78, 5) is 15.9. The van der Waals surface area contributed by atoms with Gasteiger partial charge in [0.15, 0.2) is 0 Å². The van der Waals surface area contributed by atoms with Crippen molar-refractivity contribution in [2.24, 2.45) is 0 Å². The van der Waals surface area contributed by atoms with Gasteiger partial charge in [0.25, 0.3) is 5.56 Å². The second-order valence-electron chi connectivity index (χ2n) is 7.57. The Bertz CT molecular complexity index is 1460. The third-order valence-corrected chi connectivity index (χ3v) is 5.46. The van der Waals surface area contributed by atoms with E-state index in [9.17, 15) is 9.18 Å². The molecule has 0 aliphatic heterocycles. The van der Waals surface area contributed by atoms with Crippen LogP contribution in [0.25, 0.3) is 28.0 Å². The fourth-order valence-electron chi connectivity index (χ4n) is 3.73. The first-order valence-corrected chi connectivity index (χ1v) is 10.5. The Morgan fingerprint density at radius 1 is 1.00 bits per heavy atom. The molecule has 0 fully saturated rings. The van der Waals surface area contributed by atoms with Gasteiger partial charge in [-0.15, -0.1) is 0 Å². The van der Waals surface area contributed by atoms with Crippen LogP contribution in [0.3, 0.4) is 0 Å². The zero-order chi connectivity index (χ0) is 22.8. The topological polar surface area (TPSA) is 71.9 Å². The molecule has 164 valence electrons. The summed E-state index contributed by atoms with van der Waals surface area (Å²) in [6.07, 6.45) is 0. The molecule has 0 spiro atoms. The van der Waals surface area contributed by atoms with Gasteiger partial charge >= 0.3 is 0 Å². The lowest BCUT2D eigenvalue weighted by Crippen LogP contribution is -2.16. The number of para-hydroxylation sites is 1. The molecular formula is C26H21FN4O2. The van der Waals surface area contributed by atoms with Gasteiger partial charge in [-0.2, -0.15) is 5.10 Å². The number of nitrogens with one attached hydrogen (secondary N) is 2. The molecule has 0 aliphatic rings. The van der Waals surface area contributed by atoms with E-state index in [0.29, 0.717) is 11.2 Å². The number of rotatable bonds is 6. The minimum Gasteiger partial charge on any atom is -0.497 e. The molecule has 2 heterocycles. The Morgan fingerprint density at radius 3 is 2.42 bits per heavy atom. The molecule has 0 saturated heterocycles. The van der Waals surface area contributed by atoms with Gasteiger partial charge in [0.05, 0.1) is 12.8 Å². The molecule has 0 aliphatic carbocycles. The lowest BCUT2D eigenvalue weighted by molar-refractivity contribution is 0.415. The number of hydrogen-bond acceptors (Lipinski definition) is 4. The summed E-state index contributed by atoms with van der Waals surface area (Å²) in [6.45, 7) is 0.287. The first kappa shape index (κ1) is 20.5. The number of aromatic nitrogens is 3. The molecule has 2 N–H and O–H groups in total. The number of benzene rings is 3. The van der Waals surface area contributed by atoms with Gasteiger partial charge in [-0.25, -0.2) is 9.07 Å². The molecule has 0 atom stereocenters. The first-order valence-electron chi connectivity index (χ1n) is 10.5. The zero-order valence-electron chi connectivity index (χ0n) is 17.9. The number of fused-ring (bicyclic) bond motifs is 1. The van der Waals surface area contributed by atoms with Crippen molar-refractivity contribution >= 4 is 16.7 Å². The zero-order valence-corrected chi connectivity index (χ0v) is 17.9. The SMILES string of the molecule is COc1ccc(-c2nn(-c3ccccc3)c3[nH]c(=O)c(CNc4ccc(F)cc4)cc23)cc1. The number of hydrogen-bond donors (Lipinski definition) is 2. The van der Waals surface area contributed by atoms with Crippen LogP contribution in [0.2, 0.25) is 0 Å². The molecule has 5 aromatic rings. The highest BCUT2D eigenvalue weighted by Crippen LogP contribution is 2.30. The van der Waals surface area contributed by atoms with Gasteiger partial charge in [0.2, 0.25) is 0 Å². The summed E-state index contributed by atoms with van der Waals surface area (Å²) in [6, 6.07) is 25.2.